The summed E-state index contributed by atoms with van der Waals surface area (Å²) in [5.74, 6) is 1.34. The molecule has 230 valence electrons. The molecule has 11 nitrogen and oxygen atoms in total. The molecule has 3 aromatic heterocycles. The maximum atomic E-state index is 13.8. The van der Waals surface area contributed by atoms with E-state index in [0.717, 1.165) is 42.3 Å². The molecule has 1 atom stereocenters. The fourth-order valence-corrected chi connectivity index (χ4v) is 6.05. The van der Waals surface area contributed by atoms with E-state index >= 15 is 0 Å². The molecule has 3 aromatic rings. The Morgan fingerprint density at radius 3 is 2.51 bits per heavy atom. The molecule has 4 heterocycles. The van der Waals surface area contributed by atoms with Gasteiger partial charge >= 0.3 is 6.09 Å². The quantitative estimate of drug-likeness (QED) is 0.341. The van der Waals surface area contributed by atoms with Crippen molar-refractivity contribution in [3.63, 3.8) is 0 Å². The highest BCUT2D eigenvalue weighted by molar-refractivity contribution is 5.84. The zero-order valence-electron chi connectivity index (χ0n) is 26.1. The third kappa shape index (κ3) is 6.45. The first-order valence-corrected chi connectivity index (χ1v) is 15.2. The molecule has 1 saturated heterocycles. The number of carbonyl (C=O) groups excluding carboxylic acids is 1. The summed E-state index contributed by atoms with van der Waals surface area (Å²) in [7, 11) is 0. The molecule has 1 aliphatic heterocycles. The summed E-state index contributed by atoms with van der Waals surface area (Å²) in [6, 6.07) is 4.06. The Morgan fingerprint density at radius 1 is 1.14 bits per heavy atom. The highest BCUT2D eigenvalue weighted by atomic mass is 16.6. The molecule has 0 bridgehead atoms. The molecular weight excluding hydrogens is 546 g/mol. The maximum Gasteiger partial charge on any atom is 0.410 e. The molecule has 2 fully saturated rings. The zero-order valence-corrected chi connectivity index (χ0v) is 26.1. The van der Waals surface area contributed by atoms with Crippen LogP contribution in [0, 0.1) is 6.92 Å². The third-order valence-corrected chi connectivity index (χ3v) is 8.09. The normalized spacial score (nSPS) is 17.8. The van der Waals surface area contributed by atoms with Crippen LogP contribution >= 0.6 is 0 Å². The number of hydrogen-bond donors (Lipinski definition) is 1. The number of piperazine rings is 1. The fourth-order valence-electron chi connectivity index (χ4n) is 6.05. The molecule has 0 spiro atoms. The number of amides is 1. The molecule has 0 aromatic carbocycles. The van der Waals surface area contributed by atoms with Gasteiger partial charge in [-0.25, -0.2) is 14.8 Å². The highest BCUT2D eigenvalue weighted by Gasteiger charge is 2.30. The SMILES string of the molecule is C=C(OCC)c1c(C)c2cnc(Nc3ccc(N4CCN(C(=O)OC(C)(C)C)C[C@@H]4C)cn3)nc2n(C2CCCC2)c1=O. The minimum absolute atomic E-state index is 0.0710. The zero-order chi connectivity index (χ0) is 30.9. The first-order chi connectivity index (χ1) is 20.5. The van der Waals surface area contributed by atoms with Gasteiger partial charge in [-0.1, -0.05) is 19.4 Å². The molecule has 0 unspecified atom stereocenters. The van der Waals surface area contributed by atoms with Crippen molar-refractivity contribution in [1.82, 2.24) is 24.4 Å². The van der Waals surface area contributed by atoms with Gasteiger partial charge in [0.15, 0.2) is 0 Å². The maximum absolute atomic E-state index is 13.8. The van der Waals surface area contributed by atoms with Crippen LogP contribution in [-0.2, 0) is 9.47 Å². The van der Waals surface area contributed by atoms with Gasteiger partial charge in [-0.15, -0.1) is 0 Å². The van der Waals surface area contributed by atoms with Crippen molar-refractivity contribution in [2.24, 2.45) is 0 Å². The van der Waals surface area contributed by atoms with Gasteiger partial charge in [-0.3, -0.25) is 9.36 Å². The number of pyridine rings is 2. The lowest BCUT2D eigenvalue weighted by Gasteiger charge is -2.41. The summed E-state index contributed by atoms with van der Waals surface area (Å²) in [4.78, 5) is 44.4. The molecule has 1 aliphatic carbocycles. The average Bonchev–Trinajstić information content (AvgIpc) is 3.47. The van der Waals surface area contributed by atoms with Crippen LogP contribution in [0.5, 0.6) is 0 Å². The van der Waals surface area contributed by atoms with Gasteiger partial charge in [-0.2, -0.15) is 4.98 Å². The largest absolute Gasteiger partial charge is 0.494 e. The van der Waals surface area contributed by atoms with Crippen molar-refractivity contribution in [3.05, 3.63) is 52.6 Å². The van der Waals surface area contributed by atoms with Crippen LogP contribution in [-0.4, -0.2) is 68.4 Å². The van der Waals surface area contributed by atoms with Gasteiger partial charge in [0.2, 0.25) is 5.95 Å². The predicted molar refractivity (Wildman–Crippen MR) is 169 cm³/mol. The predicted octanol–water partition coefficient (Wildman–Crippen LogP) is 5.81. The van der Waals surface area contributed by atoms with Gasteiger partial charge in [0, 0.05) is 43.3 Å². The molecule has 1 saturated carbocycles. The summed E-state index contributed by atoms with van der Waals surface area (Å²) in [5.41, 5.74) is 2.19. The van der Waals surface area contributed by atoms with Crippen LogP contribution in [0.25, 0.3) is 16.8 Å². The van der Waals surface area contributed by atoms with Gasteiger partial charge in [-0.05, 0) is 72.1 Å². The van der Waals surface area contributed by atoms with Crippen LogP contribution in [0.1, 0.15) is 77.5 Å². The number of nitrogens with zero attached hydrogens (tertiary/aromatic N) is 6. The van der Waals surface area contributed by atoms with Crippen LogP contribution < -0.4 is 15.8 Å². The van der Waals surface area contributed by atoms with E-state index in [1.54, 1.807) is 11.1 Å². The Bertz CT molecular complexity index is 1560. The average molecular weight is 590 g/mol. The summed E-state index contributed by atoms with van der Waals surface area (Å²) >= 11 is 0. The minimum atomic E-state index is -0.520. The van der Waals surface area contributed by atoms with Gasteiger partial charge in [0.1, 0.15) is 22.8 Å². The Labute approximate surface area is 252 Å². The molecule has 1 amide bonds. The summed E-state index contributed by atoms with van der Waals surface area (Å²) in [6.07, 6.45) is 7.31. The first-order valence-electron chi connectivity index (χ1n) is 15.2. The van der Waals surface area contributed by atoms with Gasteiger partial charge in [0.05, 0.1) is 24.1 Å². The summed E-state index contributed by atoms with van der Waals surface area (Å²) < 4.78 is 13.0. The second kappa shape index (κ2) is 12.2. The molecular formula is C32H43N7O4. The van der Waals surface area contributed by atoms with E-state index in [2.05, 4.69) is 33.7 Å². The number of nitrogens with one attached hydrogen (secondary N) is 1. The number of anilines is 3. The van der Waals surface area contributed by atoms with Crippen molar-refractivity contribution >= 4 is 40.3 Å². The number of aromatic nitrogens is 4. The van der Waals surface area contributed by atoms with Crippen molar-refractivity contribution in [1.29, 1.82) is 0 Å². The Morgan fingerprint density at radius 2 is 1.88 bits per heavy atom. The minimum Gasteiger partial charge on any atom is -0.494 e. The van der Waals surface area contributed by atoms with E-state index in [1.807, 2.05) is 57.5 Å². The molecule has 2 aliphatic rings. The van der Waals surface area contributed by atoms with E-state index in [4.69, 9.17) is 14.5 Å². The van der Waals surface area contributed by atoms with E-state index in [-0.39, 0.29) is 23.7 Å². The topological polar surface area (TPSA) is 115 Å². The lowest BCUT2D eigenvalue weighted by molar-refractivity contribution is 0.0219. The molecule has 5 rings (SSSR count). The molecule has 1 N–H and O–H groups in total. The van der Waals surface area contributed by atoms with Crippen LogP contribution in [0.3, 0.4) is 0 Å². The number of hydrogen-bond acceptors (Lipinski definition) is 9. The summed E-state index contributed by atoms with van der Waals surface area (Å²) in [5, 5.41) is 4.02. The van der Waals surface area contributed by atoms with Crippen LogP contribution in [0.2, 0.25) is 0 Å². The van der Waals surface area contributed by atoms with Gasteiger partial charge in [0.25, 0.3) is 5.56 Å². The van der Waals surface area contributed by atoms with E-state index in [0.29, 0.717) is 55.0 Å². The Balaban J connectivity index is 1.36. The number of carbonyl (C=O) groups is 1. The second-order valence-corrected chi connectivity index (χ2v) is 12.4. The van der Waals surface area contributed by atoms with Crippen molar-refractivity contribution < 1.29 is 14.3 Å². The Hall–Kier alpha value is -4.15. The van der Waals surface area contributed by atoms with Gasteiger partial charge < -0.3 is 24.6 Å². The monoisotopic (exact) mass is 589 g/mol. The first kappa shape index (κ1) is 30.3. The van der Waals surface area contributed by atoms with E-state index < -0.39 is 5.60 Å². The van der Waals surface area contributed by atoms with E-state index in [9.17, 15) is 9.59 Å². The number of ether oxygens (including phenoxy) is 2. The number of fused-ring (bicyclic) bond motifs is 1. The fraction of sp³-hybridized carbons (Fsp3) is 0.531. The standard InChI is InChI=1S/C32H43N7O4/c1-8-42-22(4)27-21(3)25-18-34-30(36-28(25)39(29(27)40)23-11-9-10-12-23)35-26-14-13-24(17-33-26)38-16-15-37(19-20(38)2)31(41)43-32(5,6)7/h13-14,17-18,20,23H,4,8-12,15-16,19H2,1-3,5-7H3,(H,33,34,35,36)/t20-/m0/s1. The van der Waals surface area contributed by atoms with Crippen molar-refractivity contribution in [2.45, 2.75) is 84.9 Å². The third-order valence-electron chi connectivity index (χ3n) is 8.09. The van der Waals surface area contributed by atoms with Crippen molar-refractivity contribution in [2.75, 3.05) is 36.5 Å². The van der Waals surface area contributed by atoms with Crippen LogP contribution in [0.15, 0.2) is 35.9 Å². The molecule has 43 heavy (non-hydrogen) atoms. The molecule has 0 radical (unpaired) electrons. The lowest BCUT2D eigenvalue weighted by Crippen LogP contribution is -2.54. The Kier molecular flexibility index (Phi) is 8.62. The summed E-state index contributed by atoms with van der Waals surface area (Å²) in [6.45, 7) is 17.8. The second-order valence-electron chi connectivity index (χ2n) is 12.4. The highest BCUT2D eigenvalue weighted by Crippen LogP contribution is 2.33. The van der Waals surface area contributed by atoms with Crippen molar-refractivity contribution in [3.8, 4) is 0 Å². The smallest absolute Gasteiger partial charge is 0.410 e. The number of aryl methyl sites for hydroxylation is 1. The van der Waals surface area contributed by atoms with Crippen LogP contribution in [0.4, 0.5) is 22.2 Å². The lowest BCUT2D eigenvalue weighted by atomic mass is 10.0. The van der Waals surface area contributed by atoms with E-state index in [1.165, 1.54) is 0 Å². The number of rotatable bonds is 7. The molecule has 11 heteroatoms.